The lowest BCUT2D eigenvalue weighted by atomic mass is 10.0. The normalized spacial score (nSPS) is 17.3. The molecule has 0 spiro atoms. The third-order valence-corrected chi connectivity index (χ3v) is 4.79. The van der Waals surface area contributed by atoms with Crippen LogP contribution in [0.3, 0.4) is 0 Å². The lowest BCUT2D eigenvalue weighted by molar-refractivity contribution is -0.117. The fraction of sp³-hybridized carbons (Fsp3) is 0.474. The number of ether oxygens (including phenoxy) is 2. The summed E-state index contributed by atoms with van der Waals surface area (Å²) < 4.78 is 12.6. The van der Waals surface area contributed by atoms with E-state index in [2.05, 4.69) is 15.3 Å². The number of methoxy groups -OCH3 is 2. The van der Waals surface area contributed by atoms with Crippen LogP contribution in [0.1, 0.15) is 30.1 Å². The molecule has 1 unspecified atom stereocenters. The van der Waals surface area contributed by atoms with Crippen molar-refractivity contribution in [2.75, 3.05) is 32.6 Å². The SMILES string of the molecule is COc1ccc(OC)c(C2CCCN2CC(=O)Nc2cn(C)nc2C)c1. The van der Waals surface area contributed by atoms with Crippen molar-refractivity contribution in [1.82, 2.24) is 14.7 Å². The van der Waals surface area contributed by atoms with E-state index in [1.54, 1.807) is 18.9 Å². The Morgan fingerprint density at radius 2 is 2.15 bits per heavy atom. The highest BCUT2D eigenvalue weighted by Gasteiger charge is 2.30. The average Bonchev–Trinajstić information content (AvgIpc) is 3.20. The zero-order valence-electron chi connectivity index (χ0n) is 15.8. The first-order valence-electron chi connectivity index (χ1n) is 8.78. The number of carbonyl (C=O) groups excluding carboxylic acids is 1. The van der Waals surface area contributed by atoms with Gasteiger partial charge in [0.25, 0.3) is 0 Å². The number of nitrogens with one attached hydrogen (secondary N) is 1. The fourth-order valence-corrected chi connectivity index (χ4v) is 3.56. The van der Waals surface area contributed by atoms with Crippen LogP contribution in [0.25, 0.3) is 0 Å². The molecule has 2 aromatic rings. The number of carbonyl (C=O) groups is 1. The second kappa shape index (κ2) is 7.78. The summed E-state index contributed by atoms with van der Waals surface area (Å²) in [6.45, 7) is 3.10. The van der Waals surface area contributed by atoms with Crippen molar-refractivity contribution in [2.24, 2.45) is 7.05 Å². The smallest absolute Gasteiger partial charge is 0.238 e. The summed E-state index contributed by atoms with van der Waals surface area (Å²) in [5.41, 5.74) is 2.63. The zero-order valence-corrected chi connectivity index (χ0v) is 15.8. The number of hydrogen-bond donors (Lipinski definition) is 1. The van der Waals surface area contributed by atoms with E-state index in [-0.39, 0.29) is 11.9 Å². The highest BCUT2D eigenvalue weighted by atomic mass is 16.5. The molecule has 0 aliphatic carbocycles. The number of amides is 1. The van der Waals surface area contributed by atoms with Gasteiger partial charge in [0.15, 0.2) is 0 Å². The number of benzene rings is 1. The Balaban J connectivity index is 1.74. The number of aromatic nitrogens is 2. The molecule has 7 heteroatoms. The predicted molar refractivity (Wildman–Crippen MR) is 99.7 cm³/mol. The fourth-order valence-electron chi connectivity index (χ4n) is 3.56. The monoisotopic (exact) mass is 358 g/mol. The average molecular weight is 358 g/mol. The van der Waals surface area contributed by atoms with E-state index >= 15 is 0 Å². The van der Waals surface area contributed by atoms with Crippen molar-refractivity contribution in [3.63, 3.8) is 0 Å². The Morgan fingerprint density at radius 1 is 1.35 bits per heavy atom. The molecule has 1 N–H and O–H groups in total. The molecule has 1 aliphatic heterocycles. The van der Waals surface area contributed by atoms with Crippen molar-refractivity contribution < 1.29 is 14.3 Å². The lowest BCUT2D eigenvalue weighted by Crippen LogP contribution is -2.33. The quantitative estimate of drug-likeness (QED) is 0.859. The van der Waals surface area contributed by atoms with E-state index in [0.717, 1.165) is 47.8 Å². The predicted octanol–water partition coefficient (Wildman–Crippen LogP) is 2.52. The van der Waals surface area contributed by atoms with Crippen LogP contribution >= 0.6 is 0 Å². The summed E-state index contributed by atoms with van der Waals surface area (Å²) in [4.78, 5) is 14.7. The lowest BCUT2D eigenvalue weighted by Gasteiger charge is -2.26. The van der Waals surface area contributed by atoms with Crippen LogP contribution in [0.5, 0.6) is 11.5 Å². The van der Waals surface area contributed by atoms with Crippen LogP contribution in [-0.2, 0) is 11.8 Å². The van der Waals surface area contributed by atoms with Crippen molar-refractivity contribution in [3.8, 4) is 11.5 Å². The molecule has 1 atom stereocenters. The molecule has 140 valence electrons. The van der Waals surface area contributed by atoms with Crippen LogP contribution in [0.15, 0.2) is 24.4 Å². The minimum atomic E-state index is -0.0325. The van der Waals surface area contributed by atoms with Gasteiger partial charge in [0.1, 0.15) is 11.5 Å². The molecule has 26 heavy (non-hydrogen) atoms. The summed E-state index contributed by atoms with van der Waals surface area (Å²) in [6.07, 6.45) is 3.85. The number of likely N-dealkylation sites (tertiary alicyclic amines) is 1. The standard InChI is InChI=1S/C19H26N4O3/c1-13-16(11-22(2)21-13)20-19(24)12-23-9-5-6-17(23)15-10-14(25-3)7-8-18(15)26-4/h7-8,10-11,17H,5-6,9,12H2,1-4H3,(H,20,24). The van der Waals surface area contributed by atoms with Gasteiger partial charge in [-0.3, -0.25) is 14.4 Å². The molecule has 1 saturated heterocycles. The maximum absolute atomic E-state index is 12.5. The molecule has 0 radical (unpaired) electrons. The van der Waals surface area contributed by atoms with E-state index in [0.29, 0.717) is 6.54 Å². The Kier molecular flexibility index (Phi) is 5.46. The Labute approximate surface area is 153 Å². The van der Waals surface area contributed by atoms with E-state index in [1.807, 2.05) is 38.4 Å². The van der Waals surface area contributed by atoms with Crippen LogP contribution in [-0.4, -0.2) is 47.9 Å². The number of nitrogens with zero attached hydrogens (tertiary/aromatic N) is 3. The first kappa shape index (κ1) is 18.3. The third-order valence-electron chi connectivity index (χ3n) is 4.79. The van der Waals surface area contributed by atoms with E-state index in [9.17, 15) is 4.79 Å². The highest BCUT2D eigenvalue weighted by Crippen LogP contribution is 2.38. The summed E-state index contributed by atoms with van der Waals surface area (Å²) >= 11 is 0. The van der Waals surface area contributed by atoms with Crippen molar-refractivity contribution >= 4 is 11.6 Å². The minimum absolute atomic E-state index is 0.0325. The Bertz CT molecular complexity index is 787. The molecule has 7 nitrogen and oxygen atoms in total. The molecular weight excluding hydrogens is 332 g/mol. The first-order chi connectivity index (χ1) is 12.5. The molecule has 1 aliphatic rings. The van der Waals surface area contributed by atoms with Gasteiger partial charge in [-0.15, -0.1) is 0 Å². The van der Waals surface area contributed by atoms with Gasteiger partial charge in [0.2, 0.25) is 5.91 Å². The van der Waals surface area contributed by atoms with Crippen LogP contribution < -0.4 is 14.8 Å². The van der Waals surface area contributed by atoms with Crippen molar-refractivity contribution in [2.45, 2.75) is 25.8 Å². The van der Waals surface area contributed by atoms with E-state index in [4.69, 9.17) is 9.47 Å². The Morgan fingerprint density at radius 3 is 2.81 bits per heavy atom. The molecular formula is C19H26N4O3. The molecule has 0 saturated carbocycles. The third kappa shape index (κ3) is 3.83. The van der Waals surface area contributed by atoms with E-state index in [1.165, 1.54) is 0 Å². The first-order valence-corrected chi connectivity index (χ1v) is 8.78. The molecule has 1 amide bonds. The Hall–Kier alpha value is -2.54. The van der Waals surface area contributed by atoms with Crippen LogP contribution in [0.2, 0.25) is 0 Å². The summed E-state index contributed by atoms with van der Waals surface area (Å²) in [5.74, 6) is 1.59. The number of rotatable bonds is 6. The van der Waals surface area contributed by atoms with Crippen LogP contribution in [0, 0.1) is 6.92 Å². The minimum Gasteiger partial charge on any atom is -0.497 e. The van der Waals surface area contributed by atoms with Crippen LogP contribution in [0.4, 0.5) is 5.69 Å². The van der Waals surface area contributed by atoms with Crippen molar-refractivity contribution in [1.29, 1.82) is 0 Å². The van der Waals surface area contributed by atoms with Gasteiger partial charge >= 0.3 is 0 Å². The highest BCUT2D eigenvalue weighted by molar-refractivity contribution is 5.92. The van der Waals surface area contributed by atoms with Gasteiger partial charge in [-0.1, -0.05) is 0 Å². The summed E-state index contributed by atoms with van der Waals surface area (Å²) in [7, 11) is 5.17. The van der Waals surface area contributed by atoms with Gasteiger partial charge in [-0.2, -0.15) is 5.10 Å². The van der Waals surface area contributed by atoms with Gasteiger partial charge in [-0.05, 0) is 44.5 Å². The molecule has 1 aromatic heterocycles. The topological polar surface area (TPSA) is 68.6 Å². The number of anilines is 1. The number of hydrogen-bond acceptors (Lipinski definition) is 5. The largest absolute Gasteiger partial charge is 0.497 e. The van der Waals surface area contributed by atoms with Gasteiger partial charge in [-0.25, -0.2) is 0 Å². The maximum atomic E-state index is 12.5. The second-order valence-corrected chi connectivity index (χ2v) is 6.59. The molecule has 0 bridgehead atoms. The number of aryl methyl sites for hydroxylation is 2. The maximum Gasteiger partial charge on any atom is 0.238 e. The van der Waals surface area contributed by atoms with Gasteiger partial charge in [0, 0.05) is 24.8 Å². The molecule has 2 heterocycles. The zero-order chi connectivity index (χ0) is 18.7. The second-order valence-electron chi connectivity index (χ2n) is 6.59. The molecule has 1 aromatic carbocycles. The van der Waals surface area contributed by atoms with Gasteiger partial charge in [0.05, 0.1) is 32.1 Å². The molecule has 1 fully saturated rings. The van der Waals surface area contributed by atoms with E-state index < -0.39 is 0 Å². The van der Waals surface area contributed by atoms with Crippen molar-refractivity contribution in [3.05, 3.63) is 35.7 Å². The summed E-state index contributed by atoms with van der Waals surface area (Å²) in [6, 6.07) is 5.95. The van der Waals surface area contributed by atoms with Gasteiger partial charge < -0.3 is 14.8 Å². The molecule has 3 rings (SSSR count). The summed E-state index contributed by atoms with van der Waals surface area (Å²) in [5, 5.41) is 7.22.